The highest BCUT2D eigenvalue weighted by atomic mass is 79.9. The Bertz CT molecular complexity index is 378. The van der Waals surface area contributed by atoms with Crippen molar-refractivity contribution in [1.29, 1.82) is 0 Å². The van der Waals surface area contributed by atoms with Crippen LogP contribution in [0.2, 0.25) is 0 Å². The summed E-state index contributed by atoms with van der Waals surface area (Å²) in [6.07, 6.45) is 2.14. The molecule has 1 saturated heterocycles. The number of morpholine rings is 1. The van der Waals surface area contributed by atoms with Crippen LogP contribution >= 0.6 is 15.9 Å². The third-order valence-corrected chi connectivity index (χ3v) is 3.60. The molecule has 1 unspecified atom stereocenters. The van der Waals surface area contributed by atoms with Crippen molar-refractivity contribution in [2.45, 2.75) is 32.5 Å². The van der Waals surface area contributed by atoms with E-state index < -0.39 is 0 Å². The molecule has 0 spiro atoms. The van der Waals surface area contributed by atoms with Crippen molar-refractivity contribution in [2.24, 2.45) is 0 Å². The van der Waals surface area contributed by atoms with Gasteiger partial charge in [0.15, 0.2) is 0 Å². The maximum absolute atomic E-state index is 5.98. The van der Waals surface area contributed by atoms with Gasteiger partial charge in [0, 0.05) is 24.6 Å². The second kappa shape index (κ2) is 4.94. The lowest BCUT2D eigenvalue weighted by atomic mass is 10.1. The minimum absolute atomic E-state index is 0.122. The Hall–Kier alpha value is -0.610. The summed E-state index contributed by atoms with van der Waals surface area (Å²) in [5, 5.41) is 0.860. The van der Waals surface area contributed by atoms with Gasteiger partial charge in [0.05, 0.1) is 11.7 Å². The first-order valence-electron chi connectivity index (χ1n) is 5.91. The van der Waals surface area contributed by atoms with Crippen LogP contribution in [0.3, 0.4) is 0 Å². The zero-order valence-electron chi connectivity index (χ0n) is 10.6. The fourth-order valence-corrected chi connectivity index (χ4v) is 2.53. The van der Waals surface area contributed by atoms with E-state index in [1.807, 2.05) is 6.20 Å². The van der Waals surface area contributed by atoms with Crippen molar-refractivity contribution < 1.29 is 4.74 Å². The van der Waals surface area contributed by atoms with Gasteiger partial charge < -0.3 is 9.64 Å². The van der Waals surface area contributed by atoms with Gasteiger partial charge in [-0.25, -0.2) is 4.98 Å². The Morgan fingerprint density at radius 1 is 1.53 bits per heavy atom. The quantitative estimate of drug-likeness (QED) is 0.785. The van der Waals surface area contributed by atoms with Crippen LogP contribution in [0.4, 0.5) is 5.82 Å². The van der Waals surface area contributed by atoms with Gasteiger partial charge in [-0.1, -0.05) is 22.0 Å². The first-order chi connectivity index (χ1) is 8.00. The average Bonchev–Trinajstić information content (AvgIpc) is 2.27. The van der Waals surface area contributed by atoms with Crippen molar-refractivity contribution in [3.05, 3.63) is 23.9 Å². The Kier molecular flexibility index (Phi) is 3.73. The van der Waals surface area contributed by atoms with Crippen molar-refractivity contribution in [3.8, 4) is 0 Å². The van der Waals surface area contributed by atoms with Crippen molar-refractivity contribution in [1.82, 2.24) is 4.98 Å². The highest BCUT2D eigenvalue weighted by molar-refractivity contribution is 9.09. The lowest BCUT2D eigenvalue weighted by Crippen LogP contribution is -2.53. The topological polar surface area (TPSA) is 25.4 Å². The van der Waals surface area contributed by atoms with Crippen molar-refractivity contribution in [3.63, 3.8) is 0 Å². The SMILES string of the molecule is Cc1ccc(N2CC(CBr)OC(C)(C)C2)nc1. The van der Waals surface area contributed by atoms with E-state index in [2.05, 4.69) is 58.7 Å². The molecule has 2 rings (SSSR count). The van der Waals surface area contributed by atoms with Crippen molar-refractivity contribution >= 4 is 21.7 Å². The molecule has 0 bridgehead atoms. The molecule has 17 heavy (non-hydrogen) atoms. The summed E-state index contributed by atoms with van der Waals surface area (Å²) >= 11 is 3.50. The second-order valence-electron chi connectivity index (χ2n) is 5.23. The van der Waals surface area contributed by atoms with Gasteiger partial charge >= 0.3 is 0 Å². The van der Waals surface area contributed by atoms with Crippen LogP contribution in [0.5, 0.6) is 0 Å². The van der Waals surface area contributed by atoms with Crippen LogP contribution in [0.25, 0.3) is 0 Å². The van der Waals surface area contributed by atoms with Crippen molar-refractivity contribution in [2.75, 3.05) is 23.3 Å². The van der Waals surface area contributed by atoms with E-state index in [1.54, 1.807) is 0 Å². The number of ether oxygens (including phenoxy) is 1. The Balaban J connectivity index is 2.17. The number of hydrogen-bond acceptors (Lipinski definition) is 3. The molecule has 0 radical (unpaired) electrons. The number of pyridine rings is 1. The fraction of sp³-hybridized carbons (Fsp3) is 0.615. The molecule has 94 valence electrons. The van der Waals surface area contributed by atoms with E-state index in [4.69, 9.17) is 4.74 Å². The average molecular weight is 299 g/mol. The van der Waals surface area contributed by atoms with Crippen LogP contribution in [0, 0.1) is 6.92 Å². The molecule has 1 aromatic rings. The molecule has 1 fully saturated rings. The van der Waals surface area contributed by atoms with E-state index in [0.29, 0.717) is 0 Å². The van der Waals surface area contributed by atoms with Crippen LogP contribution in [0.15, 0.2) is 18.3 Å². The molecule has 0 saturated carbocycles. The van der Waals surface area contributed by atoms with Gasteiger partial charge in [0.2, 0.25) is 0 Å². The van der Waals surface area contributed by atoms with Crippen LogP contribution in [-0.4, -0.2) is 35.1 Å². The monoisotopic (exact) mass is 298 g/mol. The normalized spacial score (nSPS) is 23.8. The lowest BCUT2D eigenvalue weighted by molar-refractivity contribution is -0.0725. The number of anilines is 1. The minimum atomic E-state index is -0.122. The maximum Gasteiger partial charge on any atom is 0.128 e. The molecule has 1 atom stereocenters. The Morgan fingerprint density at radius 3 is 2.88 bits per heavy atom. The van der Waals surface area contributed by atoms with Crippen LogP contribution < -0.4 is 4.90 Å². The summed E-state index contributed by atoms with van der Waals surface area (Å²) in [6.45, 7) is 8.09. The van der Waals surface area contributed by atoms with E-state index in [9.17, 15) is 0 Å². The predicted octanol–water partition coefficient (Wildman–Crippen LogP) is 2.77. The number of aryl methyl sites for hydroxylation is 1. The summed E-state index contributed by atoms with van der Waals surface area (Å²) < 4.78 is 5.98. The summed E-state index contributed by atoms with van der Waals surface area (Å²) in [5.74, 6) is 1.04. The number of hydrogen-bond donors (Lipinski definition) is 0. The summed E-state index contributed by atoms with van der Waals surface area (Å²) in [7, 11) is 0. The van der Waals surface area contributed by atoms with E-state index >= 15 is 0 Å². The third kappa shape index (κ3) is 3.19. The number of alkyl halides is 1. The molecule has 0 N–H and O–H groups in total. The van der Waals surface area contributed by atoms with Crippen LogP contribution in [0.1, 0.15) is 19.4 Å². The van der Waals surface area contributed by atoms with Gasteiger partial charge in [-0.2, -0.15) is 0 Å². The molecule has 1 aliphatic heterocycles. The van der Waals surface area contributed by atoms with E-state index in [0.717, 1.165) is 24.2 Å². The number of aromatic nitrogens is 1. The van der Waals surface area contributed by atoms with Gasteiger partial charge in [0.25, 0.3) is 0 Å². The standard InChI is InChI=1S/C13H19BrN2O/c1-10-4-5-12(15-7-10)16-8-11(6-14)17-13(2,3)9-16/h4-5,7,11H,6,8-9H2,1-3H3. The Morgan fingerprint density at radius 2 is 2.29 bits per heavy atom. The smallest absolute Gasteiger partial charge is 0.128 e. The Labute approximate surface area is 111 Å². The minimum Gasteiger partial charge on any atom is -0.368 e. The largest absolute Gasteiger partial charge is 0.368 e. The number of rotatable bonds is 2. The van der Waals surface area contributed by atoms with Gasteiger partial charge in [0.1, 0.15) is 5.82 Å². The molecule has 4 heteroatoms. The molecule has 0 aliphatic carbocycles. The highest BCUT2D eigenvalue weighted by Gasteiger charge is 2.33. The highest BCUT2D eigenvalue weighted by Crippen LogP contribution is 2.25. The second-order valence-corrected chi connectivity index (χ2v) is 5.88. The van der Waals surface area contributed by atoms with Gasteiger partial charge in [-0.05, 0) is 32.4 Å². The lowest BCUT2D eigenvalue weighted by Gasteiger charge is -2.43. The van der Waals surface area contributed by atoms with E-state index in [-0.39, 0.29) is 11.7 Å². The number of nitrogens with zero attached hydrogens (tertiary/aromatic N) is 2. The van der Waals surface area contributed by atoms with E-state index in [1.165, 1.54) is 5.56 Å². The molecule has 3 nitrogen and oxygen atoms in total. The summed E-state index contributed by atoms with van der Waals surface area (Å²) in [5.41, 5.74) is 1.07. The molecular formula is C13H19BrN2O. The molecule has 1 aromatic heterocycles. The molecular weight excluding hydrogens is 280 g/mol. The molecule has 0 amide bonds. The zero-order chi connectivity index (χ0) is 12.5. The number of halogens is 1. The third-order valence-electron chi connectivity index (χ3n) is 2.87. The summed E-state index contributed by atoms with van der Waals surface area (Å²) in [4.78, 5) is 6.79. The first kappa shape index (κ1) is 12.8. The fourth-order valence-electron chi connectivity index (χ4n) is 2.20. The van der Waals surface area contributed by atoms with Gasteiger partial charge in [-0.3, -0.25) is 0 Å². The van der Waals surface area contributed by atoms with Crippen LogP contribution in [-0.2, 0) is 4.74 Å². The first-order valence-corrected chi connectivity index (χ1v) is 7.04. The predicted molar refractivity (Wildman–Crippen MR) is 73.9 cm³/mol. The molecule has 2 heterocycles. The molecule has 0 aromatic carbocycles. The van der Waals surface area contributed by atoms with Gasteiger partial charge in [-0.15, -0.1) is 0 Å². The maximum atomic E-state index is 5.98. The summed E-state index contributed by atoms with van der Waals surface area (Å²) in [6, 6.07) is 4.19. The molecule has 1 aliphatic rings. The zero-order valence-corrected chi connectivity index (χ0v) is 12.2.